The molecule has 9 nitrogen and oxygen atoms in total. The van der Waals surface area contributed by atoms with Gasteiger partial charge in [0.15, 0.2) is 0 Å². The molecule has 0 aromatic heterocycles. The summed E-state index contributed by atoms with van der Waals surface area (Å²) in [6, 6.07) is 9.81. The first-order valence-corrected chi connectivity index (χ1v) is 8.88. The summed E-state index contributed by atoms with van der Waals surface area (Å²) < 4.78 is 0. The number of carbonyl (C=O) groups is 1. The van der Waals surface area contributed by atoms with Crippen molar-refractivity contribution in [1.82, 2.24) is 0 Å². The van der Waals surface area contributed by atoms with Gasteiger partial charge in [-0.3, -0.25) is 4.79 Å². The lowest BCUT2D eigenvalue weighted by atomic mass is 10.2. The summed E-state index contributed by atoms with van der Waals surface area (Å²) >= 11 is 22.7. The summed E-state index contributed by atoms with van der Waals surface area (Å²) in [6.07, 6.45) is 2.20. The molecule has 0 amide bonds. The number of rotatable bonds is 3. The Labute approximate surface area is 206 Å². The van der Waals surface area contributed by atoms with Crippen molar-refractivity contribution in [3.63, 3.8) is 0 Å². The van der Waals surface area contributed by atoms with Crippen molar-refractivity contribution in [2.75, 3.05) is 0 Å². The van der Waals surface area contributed by atoms with Crippen LogP contribution in [0.15, 0.2) is 51.7 Å². The second kappa shape index (κ2) is 18.3. The SMILES string of the molecule is C.Cl.NC(N)=N/N=C/c1ccc(Cl)c(Cl)c1.NN=C(N)N.O=Cc1ccc(Cl)c(Cl)c1. The lowest BCUT2D eigenvalue weighted by Gasteiger charge is -1.95. The minimum absolute atomic E-state index is 0. The van der Waals surface area contributed by atoms with E-state index in [0.717, 1.165) is 11.8 Å². The van der Waals surface area contributed by atoms with Crippen LogP contribution >= 0.6 is 58.8 Å². The number of hydrogen-bond acceptors (Lipinski definition) is 5. The van der Waals surface area contributed by atoms with Crippen LogP contribution in [0.25, 0.3) is 0 Å². The molecule has 2 rings (SSSR count). The van der Waals surface area contributed by atoms with E-state index in [1.54, 1.807) is 30.3 Å². The van der Waals surface area contributed by atoms with Crippen LogP contribution in [-0.4, -0.2) is 24.4 Å². The van der Waals surface area contributed by atoms with Gasteiger partial charge in [0.05, 0.1) is 26.3 Å². The Morgan fingerprint density at radius 2 is 1.19 bits per heavy atom. The molecule has 2 aromatic carbocycles. The first-order chi connectivity index (χ1) is 13.6. The summed E-state index contributed by atoms with van der Waals surface area (Å²) in [5, 5.41) is 11.7. The van der Waals surface area contributed by atoms with Gasteiger partial charge in [-0.05, 0) is 29.8 Å². The molecule has 0 aliphatic rings. The normalized spacial score (nSPS) is 8.77. The number of hydrazone groups is 1. The summed E-state index contributed by atoms with van der Waals surface area (Å²) in [5.74, 6) is 4.32. The molecule has 0 aliphatic heterocycles. The third-order valence-electron chi connectivity index (χ3n) is 2.55. The molecule has 0 saturated heterocycles. The molecule has 0 bridgehead atoms. The van der Waals surface area contributed by atoms with E-state index in [9.17, 15) is 4.79 Å². The Kier molecular flexibility index (Phi) is 19.7. The zero-order valence-electron chi connectivity index (χ0n) is 15.2. The summed E-state index contributed by atoms with van der Waals surface area (Å²) in [7, 11) is 0. The second-order valence-corrected chi connectivity index (χ2v) is 6.42. The van der Waals surface area contributed by atoms with Crippen LogP contribution in [0.3, 0.4) is 0 Å². The van der Waals surface area contributed by atoms with E-state index in [1.165, 1.54) is 12.3 Å². The average Bonchev–Trinajstić information content (AvgIpc) is 2.67. The summed E-state index contributed by atoms with van der Waals surface area (Å²) in [6.45, 7) is 0. The Bertz CT molecular complexity index is 898. The molecule has 2 aromatic rings. The first kappa shape index (κ1) is 33.2. The van der Waals surface area contributed by atoms with E-state index in [-0.39, 0.29) is 31.8 Å². The number of hydrogen-bond donors (Lipinski definition) is 5. The Hall–Kier alpha value is -2.43. The topological polar surface area (TPSA) is 184 Å². The molecule has 0 fully saturated rings. The standard InChI is InChI=1S/C8H8Cl2N4.C7H4Cl2O.CH6N4.CH4.ClH/c9-6-2-1-5(3-7(6)10)4-13-14-8(11)12;8-6-2-1-5(4-10)3-7(6)9;2-1(3)5-4;;/h1-4H,(H4,11,12,14);1-4H;4H2,(H4,2,3,5);1H4;1H/b13-4+;;;;. The van der Waals surface area contributed by atoms with Crippen molar-refractivity contribution in [2.45, 2.75) is 7.43 Å². The van der Waals surface area contributed by atoms with E-state index in [4.69, 9.17) is 69.3 Å². The Morgan fingerprint density at radius 1 is 0.774 bits per heavy atom. The van der Waals surface area contributed by atoms with E-state index in [0.29, 0.717) is 25.7 Å². The van der Waals surface area contributed by atoms with Crippen molar-refractivity contribution < 1.29 is 4.79 Å². The van der Waals surface area contributed by atoms with Crippen LogP contribution in [0.1, 0.15) is 23.3 Å². The molecule has 172 valence electrons. The van der Waals surface area contributed by atoms with Gasteiger partial charge >= 0.3 is 0 Å². The average molecular weight is 533 g/mol. The highest BCUT2D eigenvalue weighted by atomic mass is 35.5. The monoisotopic (exact) mass is 530 g/mol. The molecule has 0 unspecified atom stereocenters. The van der Waals surface area contributed by atoms with Crippen LogP contribution in [0.5, 0.6) is 0 Å². The van der Waals surface area contributed by atoms with Gasteiger partial charge in [0.2, 0.25) is 11.9 Å². The maximum absolute atomic E-state index is 10.2. The van der Waals surface area contributed by atoms with Gasteiger partial charge in [-0.25, -0.2) is 0 Å². The molecule has 0 aliphatic carbocycles. The highest BCUT2D eigenvalue weighted by Crippen LogP contribution is 2.22. The van der Waals surface area contributed by atoms with E-state index in [1.807, 2.05) is 0 Å². The van der Waals surface area contributed by atoms with Gasteiger partial charge in [-0.1, -0.05) is 66.0 Å². The largest absolute Gasteiger partial charge is 0.369 e. The highest BCUT2D eigenvalue weighted by Gasteiger charge is 1.97. The number of aldehydes is 1. The van der Waals surface area contributed by atoms with Crippen molar-refractivity contribution in [1.29, 1.82) is 0 Å². The van der Waals surface area contributed by atoms with Gasteiger partial charge in [0, 0.05) is 5.56 Å². The number of benzene rings is 2. The van der Waals surface area contributed by atoms with Crippen LogP contribution < -0.4 is 28.8 Å². The van der Waals surface area contributed by atoms with Crippen molar-refractivity contribution in [3.05, 3.63) is 67.6 Å². The fourth-order valence-corrected chi connectivity index (χ4v) is 1.95. The number of guanidine groups is 2. The molecular formula is C17H23Cl5N8O. The molecule has 0 atom stereocenters. The van der Waals surface area contributed by atoms with Gasteiger partial charge in [0.25, 0.3) is 0 Å². The van der Waals surface area contributed by atoms with Gasteiger partial charge in [-0.15, -0.1) is 22.6 Å². The zero-order valence-corrected chi connectivity index (χ0v) is 19.0. The third-order valence-corrected chi connectivity index (χ3v) is 4.03. The smallest absolute Gasteiger partial charge is 0.211 e. The Morgan fingerprint density at radius 3 is 1.55 bits per heavy atom. The molecule has 10 N–H and O–H groups in total. The molecule has 0 saturated carbocycles. The Balaban J connectivity index is -0.000000407. The zero-order chi connectivity index (χ0) is 22.4. The maximum atomic E-state index is 10.2. The summed E-state index contributed by atoms with van der Waals surface area (Å²) in [5.41, 5.74) is 20.8. The third kappa shape index (κ3) is 16.0. The fraction of sp³-hybridized carbons (Fsp3) is 0.0588. The van der Waals surface area contributed by atoms with E-state index in [2.05, 4.69) is 21.1 Å². The van der Waals surface area contributed by atoms with E-state index >= 15 is 0 Å². The van der Waals surface area contributed by atoms with Gasteiger partial charge < -0.3 is 28.8 Å². The minimum Gasteiger partial charge on any atom is -0.369 e. The quantitative estimate of drug-likeness (QED) is 0.132. The van der Waals surface area contributed by atoms with Crippen LogP contribution in [-0.2, 0) is 0 Å². The lowest BCUT2D eigenvalue weighted by molar-refractivity contribution is 0.112. The molecular weight excluding hydrogens is 510 g/mol. The van der Waals surface area contributed by atoms with Crippen LogP contribution in [0.4, 0.5) is 0 Å². The highest BCUT2D eigenvalue weighted by molar-refractivity contribution is 6.42. The van der Waals surface area contributed by atoms with E-state index < -0.39 is 0 Å². The predicted molar refractivity (Wildman–Crippen MR) is 136 cm³/mol. The predicted octanol–water partition coefficient (Wildman–Crippen LogP) is 3.60. The molecule has 0 spiro atoms. The fourth-order valence-electron chi connectivity index (χ4n) is 1.34. The number of nitrogens with two attached hydrogens (primary N) is 5. The van der Waals surface area contributed by atoms with Crippen molar-refractivity contribution in [3.8, 4) is 0 Å². The number of carbonyl (C=O) groups excluding carboxylic acids is 1. The lowest BCUT2D eigenvalue weighted by Crippen LogP contribution is -2.23. The first-order valence-electron chi connectivity index (χ1n) is 7.36. The van der Waals surface area contributed by atoms with Crippen molar-refractivity contribution >= 4 is 83.2 Å². The molecule has 0 heterocycles. The second-order valence-electron chi connectivity index (χ2n) is 4.79. The van der Waals surface area contributed by atoms with Crippen LogP contribution in [0.2, 0.25) is 20.1 Å². The van der Waals surface area contributed by atoms with Crippen molar-refractivity contribution in [2.24, 2.45) is 44.1 Å². The maximum Gasteiger partial charge on any atom is 0.211 e. The minimum atomic E-state index is -0.0960. The molecule has 14 heteroatoms. The van der Waals surface area contributed by atoms with Gasteiger partial charge in [-0.2, -0.15) is 5.10 Å². The molecule has 0 radical (unpaired) electrons. The van der Waals surface area contributed by atoms with Gasteiger partial charge in [0.1, 0.15) is 6.29 Å². The molecule has 31 heavy (non-hydrogen) atoms. The summed E-state index contributed by atoms with van der Waals surface area (Å²) in [4.78, 5) is 10.2. The van der Waals surface area contributed by atoms with Crippen LogP contribution in [0, 0.1) is 0 Å². The number of halogens is 5. The number of nitrogens with zero attached hydrogens (tertiary/aromatic N) is 3.